The van der Waals surface area contributed by atoms with Crippen LogP contribution in [0.15, 0.2) is 24.3 Å². The number of fused-ring (bicyclic) bond motifs is 2. The van der Waals surface area contributed by atoms with Gasteiger partial charge in [0.2, 0.25) is 5.91 Å². The molecule has 2 aliphatic heterocycles. The Bertz CT molecular complexity index is 475. The fraction of sp³-hybridized carbons (Fsp3) is 0.533. The van der Waals surface area contributed by atoms with Crippen LogP contribution in [0.2, 0.25) is 0 Å². The van der Waals surface area contributed by atoms with Gasteiger partial charge in [-0.25, -0.2) is 0 Å². The van der Waals surface area contributed by atoms with Gasteiger partial charge in [0.05, 0.1) is 5.41 Å². The van der Waals surface area contributed by atoms with Gasteiger partial charge in [-0.3, -0.25) is 4.79 Å². The Morgan fingerprint density at radius 3 is 2.95 bits per heavy atom. The summed E-state index contributed by atoms with van der Waals surface area (Å²) in [6.45, 7) is 5.30. The number of anilines is 1. The van der Waals surface area contributed by atoms with Crippen LogP contribution in [0, 0.1) is 0 Å². The SMILES string of the molecule is CCCN1CCCC2(C1)C(=O)Nc1ccccc12.Cl. The van der Waals surface area contributed by atoms with Gasteiger partial charge in [-0.15, -0.1) is 12.4 Å². The number of nitrogens with one attached hydrogen (secondary N) is 1. The molecule has 104 valence electrons. The van der Waals surface area contributed by atoms with Gasteiger partial charge in [0, 0.05) is 12.2 Å². The molecule has 2 aliphatic rings. The second kappa shape index (κ2) is 5.51. The number of amides is 1. The zero-order chi connectivity index (χ0) is 12.6. The van der Waals surface area contributed by atoms with E-state index in [-0.39, 0.29) is 23.7 Å². The maximum atomic E-state index is 12.4. The lowest BCUT2D eigenvalue weighted by Crippen LogP contribution is -2.50. The number of hydrogen-bond acceptors (Lipinski definition) is 2. The molecule has 3 rings (SSSR count). The minimum absolute atomic E-state index is 0. The highest BCUT2D eigenvalue weighted by Crippen LogP contribution is 2.43. The number of hydrogen-bond donors (Lipinski definition) is 1. The molecule has 0 bridgehead atoms. The van der Waals surface area contributed by atoms with E-state index in [1.807, 2.05) is 18.2 Å². The zero-order valence-corrected chi connectivity index (χ0v) is 12.1. The number of benzene rings is 1. The van der Waals surface area contributed by atoms with Crippen LogP contribution in [-0.2, 0) is 10.2 Å². The van der Waals surface area contributed by atoms with E-state index < -0.39 is 0 Å². The van der Waals surface area contributed by atoms with Crippen molar-refractivity contribution in [3.63, 3.8) is 0 Å². The lowest BCUT2D eigenvalue weighted by molar-refractivity contribution is -0.122. The summed E-state index contributed by atoms with van der Waals surface area (Å²) in [6, 6.07) is 8.16. The molecule has 1 aromatic rings. The molecule has 3 nitrogen and oxygen atoms in total. The van der Waals surface area contributed by atoms with E-state index in [4.69, 9.17) is 0 Å². The summed E-state index contributed by atoms with van der Waals surface area (Å²) in [7, 11) is 0. The van der Waals surface area contributed by atoms with Crippen LogP contribution in [0.4, 0.5) is 5.69 Å². The standard InChI is InChI=1S/C15H20N2O.ClH/c1-2-9-17-10-5-8-15(11-17)12-6-3-4-7-13(12)16-14(15)18;/h3-4,6-7H,2,5,8-11H2,1H3,(H,16,18);1H. The van der Waals surface area contributed by atoms with Gasteiger partial charge < -0.3 is 10.2 Å². The van der Waals surface area contributed by atoms with Gasteiger partial charge >= 0.3 is 0 Å². The molecule has 0 aliphatic carbocycles. The average molecular weight is 281 g/mol. The van der Waals surface area contributed by atoms with E-state index in [0.717, 1.165) is 44.6 Å². The van der Waals surface area contributed by atoms with E-state index in [1.54, 1.807) is 0 Å². The van der Waals surface area contributed by atoms with Crippen molar-refractivity contribution in [1.29, 1.82) is 0 Å². The van der Waals surface area contributed by atoms with Crippen LogP contribution in [0.25, 0.3) is 0 Å². The Hall–Kier alpha value is -1.06. The molecular formula is C15H21ClN2O. The summed E-state index contributed by atoms with van der Waals surface area (Å²) in [5.74, 6) is 0.199. The number of rotatable bonds is 2. The highest BCUT2D eigenvalue weighted by molar-refractivity contribution is 6.06. The minimum atomic E-state index is -0.288. The highest BCUT2D eigenvalue weighted by Gasteiger charge is 2.48. The second-order valence-corrected chi connectivity index (χ2v) is 5.46. The number of nitrogens with zero attached hydrogens (tertiary/aromatic N) is 1. The normalized spacial score (nSPS) is 25.8. The molecular weight excluding hydrogens is 260 g/mol. The van der Waals surface area contributed by atoms with Gasteiger partial charge in [0.15, 0.2) is 0 Å². The predicted molar refractivity (Wildman–Crippen MR) is 80.0 cm³/mol. The Balaban J connectivity index is 0.00000133. The molecule has 0 saturated carbocycles. The molecule has 19 heavy (non-hydrogen) atoms. The lowest BCUT2D eigenvalue weighted by Gasteiger charge is -2.39. The third kappa shape index (κ3) is 2.26. The Morgan fingerprint density at radius 1 is 1.37 bits per heavy atom. The molecule has 1 saturated heterocycles. The van der Waals surface area contributed by atoms with Gasteiger partial charge in [0.1, 0.15) is 0 Å². The summed E-state index contributed by atoms with van der Waals surface area (Å²) in [5, 5.41) is 3.05. The number of piperidine rings is 1. The first-order chi connectivity index (χ1) is 8.76. The van der Waals surface area contributed by atoms with Crippen LogP contribution < -0.4 is 5.32 Å². The molecule has 0 radical (unpaired) electrons. The van der Waals surface area contributed by atoms with Crippen molar-refractivity contribution in [1.82, 2.24) is 4.90 Å². The molecule has 1 spiro atoms. The first-order valence-electron chi connectivity index (χ1n) is 6.89. The third-order valence-corrected chi connectivity index (χ3v) is 4.24. The van der Waals surface area contributed by atoms with Gasteiger partial charge in [-0.2, -0.15) is 0 Å². The minimum Gasteiger partial charge on any atom is -0.325 e. The number of likely N-dealkylation sites (tertiary alicyclic amines) is 1. The molecule has 1 unspecified atom stereocenters. The predicted octanol–water partition coefficient (Wildman–Crippen LogP) is 2.80. The van der Waals surface area contributed by atoms with Crippen molar-refractivity contribution in [3.8, 4) is 0 Å². The summed E-state index contributed by atoms with van der Waals surface area (Å²) in [4.78, 5) is 14.9. The molecule has 2 heterocycles. The van der Waals surface area contributed by atoms with Crippen molar-refractivity contribution in [3.05, 3.63) is 29.8 Å². The molecule has 1 N–H and O–H groups in total. The maximum absolute atomic E-state index is 12.4. The van der Waals surface area contributed by atoms with Crippen LogP contribution in [0.3, 0.4) is 0 Å². The number of halogens is 1. The zero-order valence-electron chi connectivity index (χ0n) is 11.3. The van der Waals surface area contributed by atoms with E-state index in [9.17, 15) is 4.79 Å². The van der Waals surface area contributed by atoms with Gasteiger partial charge in [-0.1, -0.05) is 25.1 Å². The second-order valence-electron chi connectivity index (χ2n) is 5.46. The Kier molecular flexibility index (Phi) is 4.16. The first-order valence-corrected chi connectivity index (χ1v) is 6.89. The molecule has 0 aromatic heterocycles. The first kappa shape index (κ1) is 14.4. The maximum Gasteiger partial charge on any atom is 0.236 e. The van der Waals surface area contributed by atoms with E-state index in [1.165, 1.54) is 5.56 Å². The van der Waals surface area contributed by atoms with Crippen molar-refractivity contribution in [2.75, 3.05) is 25.0 Å². The summed E-state index contributed by atoms with van der Waals surface area (Å²) in [6.07, 6.45) is 3.25. The van der Waals surface area contributed by atoms with Crippen LogP contribution >= 0.6 is 12.4 Å². The van der Waals surface area contributed by atoms with Crippen LogP contribution in [0.1, 0.15) is 31.7 Å². The van der Waals surface area contributed by atoms with Crippen molar-refractivity contribution in [2.24, 2.45) is 0 Å². The molecule has 1 amide bonds. The van der Waals surface area contributed by atoms with E-state index in [2.05, 4.69) is 23.2 Å². The smallest absolute Gasteiger partial charge is 0.236 e. The fourth-order valence-electron chi connectivity index (χ4n) is 3.43. The topological polar surface area (TPSA) is 32.3 Å². The van der Waals surface area contributed by atoms with E-state index in [0.29, 0.717) is 0 Å². The van der Waals surface area contributed by atoms with Crippen LogP contribution in [0.5, 0.6) is 0 Å². The monoisotopic (exact) mass is 280 g/mol. The summed E-state index contributed by atoms with van der Waals surface area (Å²) >= 11 is 0. The van der Waals surface area contributed by atoms with E-state index >= 15 is 0 Å². The Labute approximate surface area is 120 Å². The van der Waals surface area contributed by atoms with Crippen LogP contribution in [-0.4, -0.2) is 30.4 Å². The van der Waals surface area contributed by atoms with Crippen molar-refractivity contribution < 1.29 is 4.79 Å². The quantitative estimate of drug-likeness (QED) is 0.903. The third-order valence-electron chi connectivity index (χ3n) is 4.24. The largest absolute Gasteiger partial charge is 0.325 e. The number of para-hydroxylation sites is 1. The molecule has 1 aromatic carbocycles. The fourth-order valence-corrected chi connectivity index (χ4v) is 3.43. The molecule has 4 heteroatoms. The lowest BCUT2D eigenvalue weighted by atomic mass is 9.75. The number of carbonyl (C=O) groups is 1. The van der Waals surface area contributed by atoms with Crippen molar-refractivity contribution in [2.45, 2.75) is 31.6 Å². The Morgan fingerprint density at radius 2 is 2.16 bits per heavy atom. The number of carbonyl (C=O) groups excluding carboxylic acids is 1. The summed E-state index contributed by atoms with van der Waals surface area (Å²) < 4.78 is 0. The highest BCUT2D eigenvalue weighted by atomic mass is 35.5. The molecule has 1 atom stereocenters. The molecule has 1 fully saturated rings. The average Bonchev–Trinajstić information content (AvgIpc) is 2.64. The van der Waals surface area contributed by atoms with Gasteiger partial charge in [-0.05, 0) is 44.0 Å². The summed E-state index contributed by atoms with van der Waals surface area (Å²) in [5.41, 5.74) is 1.93. The van der Waals surface area contributed by atoms with Crippen molar-refractivity contribution >= 4 is 24.0 Å². The van der Waals surface area contributed by atoms with Gasteiger partial charge in [0.25, 0.3) is 0 Å².